The molecule has 0 radical (unpaired) electrons. The number of aromatic nitrogens is 1. The molecule has 0 amide bonds. The lowest BCUT2D eigenvalue weighted by Gasteiger charge is -2.31. The molecular weight excluding hydrogens is 595 g/mol. The molecule has 2 aliphatic heterocycles. The standard InChI is InChI=1S/C46H37N3/c1-2-11-35-33(9-1)34-10-3-4-12-36(34)40-27-31(19-20-37(35)40)48-43-15-7-5-13-38(43)41-25-29(17-21-45(41)48)30-18-22-46-42(26-30)39-14-6-8-16-44(39)49(46)32-23-24-47-28-32/h1-6,8-14,16,18-23,25-27,29,38,43,47H,7,15,17,24,28H2. The molecule has 7 aromatic rings. The normalized spacial score (nSPS) is 21.8. The van der Waals surface area contributed by atoms with E-state index in [2.05, 4.69) is 154 Å². The fourth-order valence-corrected chi connectivity index (χ4v) is 9.61. The van der Waals surface area contributed by atoms with Crippen molar-refractivity contribution in [2.45, 2.75) is 31.2 Å². The molecule has 1 N–H and O–H groups in total. The zero-order chi connectivity index (χ0) is 32.1. The van der Waals surface area contributed by atoms with Crippen LogP contribution in [-0.2, 0) is 0 Å². The highest BCUT2D eigenvalue weighted by atomic mass is 15.2. The number of fused-ring (bicyclic) bond motifs is 12. The number of para-hydroxylation sites is 1. The van der Waals surface area contributed by atoms with Crippen molar-refractivity contribution in [2.24, 2.45) is 5.92 Å². The van der Waals surface area contributed by atoms with Crippen molar-refractivity contribution in [1.29, 1.82) is 0 Å². The zero-order valence-electron chi connectivity index (χ0n) is 27.4. The maximum Gasteiger partial charge on any atom is 0.0538 e. The molecule has 3 unspecified atom stereocenters. The molecule has 1 fully saturated rings. The second kappa shape index (κ2) is 10.6. The summed E-state index contributed by atoms with van der Waals surface area (Å²) in [6.45, 7) is 1.85. The van der Waals surface area contributed by atoms with Gasteiger partial charge in [-0.25, -0.2) is 0 Å². The number of rotatable bonds is 3. The lowest BCUT2D eigenvalue weighted by atomic mass is 9.81. The number of allylic oxidation sites excluding steroid dienone is 4. The van der Waals surface area contributed by atoms with E-state index >= 15 is 0 Å². The van der Waals surface area contributed by atoms with Gasteiger partial charge in [0.25, 0.3) is 0 Å². The van der Waals surface area contributed by atoms with Crippen molar-refractivity contribution in [1.82, 2.24) is 9.88 Å². The monoisotopic (exact) mass is 631 g/mol. The Morgan fingerprint density at radius 3 is 2.12 bits per heavy atom. The minimum atomic E-state index is 0.362. The van der Waals surface area contributed by atoms with Crippen LogP contribution < -0.4 is 10.2 Å². The molecule has 3 heteroatoms. The van der Waals surface area contributed by atoms with Gasteiger partial charge in [-0.15, -0.1) is 0 Å². The quantitative estimate of drug-likeness (QED) is 0.155. The number of nitrogens with one attached hydrogen (secondary N) is 1. The second-order valence-corrected chi connectivity index (χ2v) is 14.3. The minimum absolute atomic E-state index is 0.362. The van der Waals surface area contributed by atoms with E-state index in [0.29, 0.717) is 17.9 Å². The molecule has 11 rings (SSSR count). The molecule has 49 heavy (non-hydrogen) atoms. The Labute approximate surface area is 286 Å². The summed E-state index contributed by atoms with van der Waals surface area (Å²) in [4.78, 5) is 2.69. The molecule has 1 saturated heterocycles. The van der Waals surface area contributed by atoms with Crippen LogP contribution in [0.4, 0.5) is 5.69 Å². The van der Waals surface area contributed by atoms with Gasteiger partial charge in [-0.3, -0.25) is 0 Å². The molecule has 4 aliphatic rings. The summed E-state index contributed by atoms with van der Waals surface area (Å²) < 4.78 is 2.47. The van der Waals surface area contributed by atoms with Crippen LogP contribution in [0, 0.1) is 5.92 Å². The first-order chi connectivity index (χ1) is 24.3. The average molecular weight is 632 g/mol. The van der Waals surface area contributed by atoms with Gasteiger partial charge in [-0.2, -0.15) is 0 Å². The highest BCUT2D eigenvalue weighted by Gasteiger charge is 2.42. The van der Waals surface area contributed by atoms with E-state index in [1.807, 2.05) is 0 Å². The fraction of sp³-hybridized carbons (Fsp3) is 0.174. The zero-order valence-corrected chi connectivity index (χ0v) is 27.4. The van der Waals surface area contributed by atoms with Crippen LogP contribution in [0.5, 0.6) is 0 Å². The predicted molar refractivity (Wildman–Crippen MR) is 207 cm³/mol. The Bertz CT molecular complexity index is 2610. The predicted octanol–water partition coefficient (Wildman–Crippen LogP) is 10.9. The highest BCUT2D eigenvalue weighted by Crippen LogP contribution is 2.50. The van der Waals surface area contributed by atoms with Gasteiger partial charge in [0.2, 0.25) is 0 Å². The molecule has 2 aliphatic carbocycles. The SMILES string of the molecule is C1=CC2C3=CC(c4ccc5c(c4)c4ccccc4n5C4=CCNC4)CC=C3N(c3ccc4c5ccccc5c5ccccc5c4c3)C2CC1. The van der Waals surface area contributed by atoms with Crippen molar-refractivity contribution in [3.63, 3.8) is 0 Å². The van der Waals surface area contributed by atoms with Crippen molar-refractivity contribution in [3.05, 3.63) is 156 Å². The molecule has 0 saturated carbocycles. The molecular formula is C46H37N3. The Morgan fingerprint density at radius 2 is 1.35 bits per heavy atom. The maximum atomic E-state index is 3.50. The largest absolute Gasteiger partial charge is 0.337 e. The van der Waals surface area contributed by atoms with Crippen LogP contribution in [0.1, 0.15) is 30.7 Å². The molecule has 1 aromatic heterocycles. The summed E-state index contributed by atoms with van der Waals surface area (Å²) in [5.41, 5.74) is 9.60. The van der Waals surface area contributed by atoms with E-state index in [0.717, 1.165) is 25.9 Å². The van der Waals surface area contributed by atoms with E-state index in [1.165, 1.54) is 88.8 Å². The Morgan fingerprint density at radius 1 is 0.633 bits per heavy atom. The van der Waals surface area contributed by atoms with Crippen LogP contribution in [0.25, 0.3) is 59.8 Å². The van der Waals surface area contributed by atoms with E-state index in [9.17, 15) is 0 Å². The van der Waals surface area contributed by atoms with Crippen LogP contribution >= 0.6 is 0 Å². The summed E-state index contributed by atoms with van der Waals surface area (Å²) in [5, 5.41) is 14.2. The van der Waals surface area contributed by atoms with Crippen LogP contribution in [0.15, 0.2) is 151 Å². The number of nitrogens with zero attached hydrogens (tertiary/aromatic N) is 2. The van der Waals surface area contributed by atoms with E-state index in [1.54, 1.807) is 0 Å². The molecule has 3 atom stereocenters. The van der Waals surface area contributed by atoms with Gasteiger partial charge in [-0.1, -0.05) is 103 Å². The first-order valence-corrected chi connectivity index (χ1v) is 18.0. The lowest BCUT2D eigenvalue weighted by Crippen LogP contribution is -2.32. The van der Waals surface area contributed by atoms with E-state index < -0.39 is 0 Å². The smallest absolute Gasteiger partial charge is 0.0538 e. The number of anilines is 1. The molecule has 236 valence electrons. The number of hydrogen-bond acceptors (Lipinski definition) is 2. The summed E-state index contributed by atoms with van der Waals surface area (Å²) in [5.74, 6) is 0.778. The van der Waals surface area contributed by atoms with Crippen molar-refractivity contribution >= 4 is 65.5 Å². The summed E-state index contributed by atoms with van der Waals surface area (Å²) in [6.07, 6.45) is 15.7. The second-order valence-electron chi connectivity index (χ2n) is 14.3. The molecule has 0 bridgehead atoms. The maximum absolute atomic E-state index is 3.50. The topological polar surface area (TPSA) is 20.2 Å². The minimum Gasteiger partial charge on any atom is -0.337 e. The first-order valence-electron chi connectivity index (χ1n) is 18.0. The number of benzene rings is 6. The van der Waals surface area contributed by atoms with Gasteiger partial charge < -0.3 is 14.8 Å². The van der Waals surface area contributed by atoms with Gasteiger partial charge in [0.05, 0.1) is 11.0 Å². The Balaban J connectivity index is 1.02. The number of hydrogen-bond donors (Lipinski definition) is 1. The van der Waals surface area contributed by atoms with Crippen LogP contribution in [0.3, 0.4) is 0 Å². The van der Waals surface area contributed by atoms with E-state index in [-0.39, 0.29) is 0 Å². The van der Waals surface area contributed by atoms with Crippen LogP contribution in [-0.4, -0.2) is 23.7 Å². The molecule has 6 aromatic carbocycles. The van der Waals surface area contributed by atoms with E-state index in [4.69, 9.17) is 0 Å². The van der Waals surface area contributed by atoms with Gasteiger partial charge >= 0.3 is 0 Å². The van der Waals surface area contributed by atoms with Gasteiger partial charge in [0.15, 0.2) is 0 Å². The van der Waals surface area contributed by atoms with Gasteiger partial charge in [0, 0.05) is 58.8 Å². The third-order valence-corrected chi connectivity index (χ3v) is 11.8. The fourth-order valence-electron chi connectivity index (χ4n) is 9.61. The molecule has 0 spiro atoms. The third kappa shape index (κ3) is 4.00. The molecule has 3 nitrogen and oxygen atoms in total. The van der Waals surface area contributed by atoms with Gasteiger partial charge in [-0.05, 0) is 99.1 Å². The summed E-state index contributed by atoms with van der Waals surface area (Å²) in [7, 11) is 0. The van der Waals surface area contributed by atoms with Crippen molar-refractivity contribution in [3.8, 4) is 0 Å². The molecule has 3 heterocycles. The van der Waals surface area contributed by atoms with Gasteiger partial charge in [0.1, 0.15) is 0 Å². The van der Waals surface area contributed by atoms with Crippen molar-refractivity contribution < 1.29 is 0 Å². The lowest BCUT2D eigenvalue weighted by molar-refractivity contribution is 0.537. The first kappa shape index (κ1) is 27.6. The Hall–Kier alpha value is -5.38. The van der Waals surface area contributed by atoms with Crippen molar-refractivity contribution in [2.75, 3.05) is 18.0 Å². The summed E-state index contributed by atoms with van der Waals surface area (Å²) >= 11 is 0. The summed E-state index contributed by atoms with van der Waals surface area (Å²) in [6, 6.07) is 41.7. The van der Waals surface area contributed by atoms with Crippen LogP contribution in [0.2, 0.25) is 0 Å². The third-order valence-electron chi connectivity index (χ3n) is 11.8. The Kier molecular flexibility index (Phi) is 5.94. The highest BCUT2D eigenvalue weighted by molar-refractivity contribution is 6.25. The average Bonchev–Trinajstić information content (AvgIpc) is 3.89.